The Morgan fingerprint density at radius 1 is 1.09 bits per heavy atom. The highest BCUT2D eigenvalue weighted by Gasteiger charge is 2.33. The van der Waals surface area contributed by atoms with Crippen LogP contribution in [0.3, 0.4) is 0 Å². The van der Waals surface area contributed by atoms with Gasteiger partial charge < -0.3 is 5.32 Å². The molecule has 4 rings (SSSR count). The second kappa shape index (κ2) is 5.27. The summed E-state index contributed by atoms with van der Waals surface area (Å²) in [7, 11) is 0. The lowest BCUT2D eigenvalue weighted by atomic mass is 10.0. The second-order valence-electron chi connectivity index (χ2n) is 5.03. The quantitative estimate of drug-likeness (QED) is 0.780. The molecule has 0 fully saturated rings. The predicted molar refractivity (Wildman–Crippen MR) is 88.2 cm³/mol. The first-order valence-electron chi connectivity index (χ1n) is 6.96. The van der Waals surface area contributed by atoms with E-state index >= 15 is 0 Å². The number of rotatable bonds is 2. The summed E-state index contributed by atoms with van der Waals surface area (Å²) in [6.07, 6.45) is 3.19. The molecule has 1 aromatic carbocycles. The fraction of sp³-hybridized carbons (Fsp3) is 0.0588. The lowest BCUT2D eigenvalue weighted by Crippen LogP contribution is -2.43. The molecule has 0 radical (unpaired) electrons. The monoisotopic (exact) mass is 307 g/mol. The number of carbonyl (C=O) groups excluding carboxylic acids is 1. The molecule has 0 saturated carbocycles. The van der Waals surface area contributed by atoms with Gasteiger partial charge in [-0.05, 0) is 41.1 Å². The minimum atomic E-state index is -0.212. The fourth-order valence-corrected chi connectivity index (χ4v) is 3.37. The Kier molecular flexibility index (Phi) is 3.12. The number of anilines is 2. The largest absolute Gasteiger partial charge is 0.360 e. The van der Waals surface area contributed by atoms with Crippen molar-refractivity contribution >= 4 is 28.6 Å². The van der Waals surface area contributed by atoms with Gasteiger partial charge in [0.2, 0.25) is 0 Å². The Balaban J connectivity index is 1.87. The minimum absolute atomic E-state index is 0.00301. The van der Waals surface area contributed by atoms with Crippen molar-refractivity contribution < 1.29 is 4.79 Å². The van der Waals surface area contributed by atoms with E-state index < -0.39 is 0 Å². The number of amides is 1. The van der Waals surface area contributed by atoms with Crippen LogP contribution >= 0.6 is 11.3 Å². The summed E-state index contributed by atoms with van der Waals surface area (Å²) in [5.41, 5.74) is 3.46. The molecule has 22 heavy (non-hydrogen) atoms. The van der Waals surface area contributed by atoms with E-state index in [0.29, 0.717) is 5.56 Å². The summed E-state index contributed by atoms with van der Waals surface area (Å²) in [6.45, 7) is 0. The summed E-state index contributed by atoms with van der Waals surface area (Å²) in [4.78, 5) is 18.8. The Bertz CT molecular complexity index is 802. The molecule has 1 aliphatic heterocycles. The second-order valence-corrected chi connectivity index (χ2v) is 5.81. The van der Waals surface area contributed by atoms with E-state index in [1.807, 2.05) is 47.8 Å². The topological polar surface area (TPSA) is 45.2 Å². The highest BCUT2D eigenvalue weighted by molar-refractivity contribution is 7.08. The van der Waals surface area contributed by atoms with Crippen molar-refractivity contribution in [2.75, 3.05) is 10.2 Å². The van der Waals surface area contributed by atoms with Gasteiger partial charge in [0.15, 0.2) is 0 Å². The first kappa shape index (κ1) is 13.0. The molecule has 1 N–H and O–H groups in total. The van der Waals surface area contributed by atoms with Gasteiger partial charge in [-0.2, -0.15) is 11.3 Å². The molecular weight excluding hydrogens is 294 g/mol. The molecule has 1 aliphatic rings. The van der Waals surface area contributed by atoms with Crippen LogP contribution in [-0.2, 0) is 0 Å². The van der Waals surface area contributed by atoms with Crippen LogP contribution in [0, 0.1) is 0 Å². The smallest absolute Gasteiger partial charge is 0.262 e. The normalized spacial score (nSPS) is 17.0. The minimum Gasteiger partial charge on any atom is -0.360 e. The number of hydrogen-bond donors (Lipinski definition) is 1. The zero-order valence-electron chi connectivity index (χ0n) is 11.6. The summed E-state index contributed by atoms with van der Waals surface area (Å²) in [6, 6.07) is 13.4. The first-order chi connectivity index (χ1) is 10.8. The number of thiophene rings is 1. The van der Waals surface area contributed by atoms with E-state index in [2.05, 4.69) is 15.7 Å². The van der Waals surface area contributed by atoms with E-state index in [0.717, 1.165) is 16.9 Å². The zero-order valence-corrected chi connectivity index (χ0v) is 12.5. The predicted octanol–water partition coefficient (Wildman–Crippen LogP) is 3.91. The number of para-hydroxylation sites is 1. The van der Waals surface area contributed by atoms with Crippen molar-refractivity contribution in [2.24, 2.45) is 0 Å². The first-order valence-corrected chi connectivity index (χ1v) is 7.90. The van der Waals surface area contributed by atoms with E-state index in [9.17, 15) is 4.79 Å². The zero-order chi connectivity index (χ0) is 14.9. The van der Waals surface area contributed by atoms with Gasteiger partial charge in [0.05, 0.1) is 5.56 Å². The fourth-order valence-electron chi connectivity index (χ4n) is 2.69. The molecule has 0 saturated heterocycles. The maximum absolute atomic E-state index is 13.0. The van der Waals surface area contributed by atoms with Gasteiger partial charge in [-0.25, -0.2) is 0 Å². The maximum Gasteiger partial charge on any atom is 0.262 e. The highest BCUT2D eigenvalue weighted by atomic mass is 32.1. The van der Waals surface area contributed by atoms with E-state index in [1.165, 1.54) is 0 Å². The number of pyridine rings is 1. The van der Waals surface area contributed by atoms with Gasteiger partial charge in [-0.1, -0.05) is 12.1 Å². The lowest BCUT2D eigenvalue weighted by molar-refractivity contribution is 0.0975. The van der Waals surface area contributed by atoms with Gasteiger partial charge in [0, 0.05) is 29.3 Å². The van der Waals surface area contributed by atoms with Gasteiger partial charge in [0.1, 0.15) is 6.17 Å². The Morgan fingerprint density at radius 2 is 1.91 bits per heavy atom. The number of nitrogens with zero attached hydrogens (tertiary/aromatic N) is 2. The molecule has 0 unspecified atom stereocenters. The van der Waals surface area contributed by atoms with E-state index in [4.69, 9.17) is 0 Å². The van der Waals surface area contributed by atoms with Crippen LogP contribution in [-0.4, -0.2) is 10.9 Å². The third kappa shape index (κ3) is 2.07. The molecule has 0 aliphatic carbocycles. The SMILES string of the molecule is O=C1c2ccccc2N[C@@H](c2ccsc2)N1c1ccncc1. The molecule has 4 nitrogen and oxygen atoms in total. The van der Waals surface area contributed by atoms with E-state index in [-0.39, 0.29) is 12.1 Å². The average molecular weight is 307 g/mol. The Hall–Kier alpha value is -2.66. The van der Waals surface area contributed by atoms with Crippen molar-refractivity contribution in [3.63, 3.8) is 0 Å². The third-order valence-corrected chi connectivity index (χ3v) is 4.43. The average Bonchev–Trinajstić information content (AvgIpc) is 3.10. The van der Waals surface area contributed by atoms with Crippen molar-refractivity contribution in [1.82, 2.24) is 4.98 Å². The summed E-state index contributed by atoms with van der Waals surface area (Å²) in [5, 5.41) is 7.55. The molecule has 3 heterocycles. The molecule has 0 spiro atoms. The number of fused-ring (bicyclic) bond motifs is 1. The van der Waals surface area contributed by atoms with Crippen LogP contribution in [0.25, 0.3) is 0 Å². The summed E-state index contributed by atoms with van der Waals surface area (Å²) < 4.78 is 0. The molecule has 3 aromatic rings. The van der Waals surface area contributed by atoms with Crippen LogP contribution in [0.5, 0.6) is 0 Å². The molecule has 1 amide bonds. The van der Waals surface area contributed by atoms with Crippen LogP contribution in [0.2, 0.25) is 0 Å². The van der Waals surface area contributed by atoms with Gasteiger partial charge in [0.25, 0.3) is 5.91 Å². The van der Waals surface area contributed by atoms with Crippen LogP contribution in [0.4, 0.5) is 11.4 Å². The van der Waals surface area contributed by atoms with Crippen LogP contribution in [0.1, 0.15) is 22.1 Å². The van der Waals surface area contributed by atoms with Gasteiger partial charge in [-0.3, -0.25) is 14.7 Å². The summed E-state index contributed by atoms with van der Waals surface area (Å²) in [5.74, 6) is -0.00301. The van der Waals surface area contributed by atoms with E-state index in [1.54, 1.807) is 28.6 Å². The van der Waals surface area contributed by atoms with Crippen molar-refractivity contribution in [1.29, 1.82) is 0 Å². The molecule has 5 heteroatoms. The summed E-state index contributed by atoms with van der Waals surface area (Å²) >= 11 is 1.62. The number of benzene rings is 1. The van der Waals surface area contributed by atoms with Crippen molar-refractivity contribution in [2.45, 2.75) is 6.17 Å². The molecule has 1 atom stereocenters. The molecular formula is C17H13N3OS. The van der Waals surface area contributed by atoms with Crippen molar-refractivity contribution in [3.05, 3.63) is 76.7 Å². The number of nitrogens with one attached hydrogen (secondary N) is 1. The Morgan fingerprint density at radius 3 is 2.68 bits per heavy atom. The number of aromatic nitrogens is 1. The Labute approximate surface area is 132 Å². The van der Waals surface area contributed by atoms with Crippen LogP contribution in [0.15, 0.2) is 65.6 Å². The lowest BCUT2D eigenvalue weighted by Gasteiger charge is -2.37. The standard InChI is InChI=1S/C17H13N3OS/c21-17-14-3-1-2-4-15(14)19-16(12-7-10-22-11-12)20(17)13-5-8-18-9-6-13/h1-11,16,19H/t16-/m1/s1. The highest BCUT2D eigenvalue weighted by Crippen LogP contribution is 2.36. The molecule has 0 bridgehead atoms. The maximum atomic E-state index is 13.0. The third-order valence-electron chi connectivity index (χ3n) is 3.73. The van der Waals surface area contributed by atoms with Gasteiger partial charge in [-0.15, -0.1) is 0 Å². The number of carbonyl (C=O) groups is 1. The van der Waals surface area contributed by atoms with Gasteiger partial charge >= 0.3 is 0 Å². The molecule has 2 aromatic heterocycles. The molecule has 108 valence electrons. The number of hydrogen-bond acceptors (Lipinski definition) is 4. The van der Waals surface area contributed by atoms with Crippen LogP contribution < -0.4 is 10.2 Å². The van der Waals surface area contributed by atoms with Crippen molar-refractivity contribution in [3.8, 4) is 0 Å².